The van der Waals surface area contributed by atoms with Gasteiger partial charge in [0, 0.05) is 6.42 Å². The van der Waals surface area contributed by atoms with E-state index in [1.54, 1.807) is 0 Å². The van der Waals surface area contributed by atoms with Crippen molar-refractivity contribution in [2.24, 2.45) is 0 Å². The number of carbonyl (C=O) groups is 1. The number of hydrogen-bond acceptors (Lipinski definition) is 5. The number of carbonyl (C=O) groups excluding carboxylic acids is 1. The Hall–Kier alpha value is -1.76. The van der Waals surface area contributed by atoms with Crippen LogP contribution in [0.4, 0.5) is 4.79 Å². The highest BCUT2D eigenvalue weighted by Gasteiger charge is 2.16. The topological polar surface area (TPSA) is 78.5 Å². The van der Waals surface area contributed by atoms with Crippen molar-refractivity contribution in [2.75, 3.05) is 0 Å². The fraction of sp³-hybridized carbons (Fsp3) is 0.375. The highest BCUT2D eigenvalue weighted by atomic mass is 35.5. The van der Waals surface area contributed by atoms with Gasteiger partial charge in [0.2, 0.25) is 5.28 Å². The molecule has 2 heterocycles. The summed E-state index contributed by atoms with van der Waals surface area (Å²) in [6.07, 6.45) is 4.10. The Bertz CT molecular complexity index is 491. The first-order valence-electron chi connectivity index (χ1n) is 4.73. The SMILES string of the molecule is CCCc1nc(Cl)n(C(=O)n2cncn2)n1. The molecule has 0 fully saturated rings. The number of hydrogen-bond donors (Lipinski definition) is 0. The predicted octanol–water partition coefficient (Wildman–Crippen LogP) is 0.992. The van der Waals surface area contributed by atoms with Crippen molar-refractivity contribution in [3.63, 3.8) is 0 Å². The molecule has 0 aliphatic rings. The molecule has 0 N–H and O–H groups in total. The van der Waals surface area contributed by atoms with Crippen LogP contribution in [0.25, 0.3) is 0 Å². The predicted molar refractivity (Wildman–Crippen MR) is 55.2 cm³/mol. The average Bonchev–Trinajstić information content (AvgIpc) is 2.87. The molecule has 0 amide bonds. The second kappa shape index (κ2) is 4.40. The van der Waals surface area contributed by atoms with Crippen LogP contribution in [-0.2, 0) is 6.42 Å². The van der Waals surface area contributed by atoms with E-state index in [0.29, 0.717) is 12.2 Å². The van der Waals surface area contributed by atoms with Crippen molar-refractivity contribution in [1.82, 2.24) is 29.5 Å². The Morgan fingerprint density at radius 1 is 1.56 bits per heavy atom. The van der Waals surface area contributed by atoms with Crippen molar-refractivity contribution >= 4 is 17.6 Å². The summed E-state index contributed by atoms with van der Waals surface area (Å²) >= 11 is 5.80. The molecule has 84 valence electrons. The molecule has 0 aliphatic heterocycles. The summed E-state index contributed by atoms with van der Waals surface area (Å²) in [7, 11) is 0. The van der Waals surface area contributed by atoms with E-state index in [4.69, 9.17) is 11.6 Å². The number of nitrogens with zero attached hydrogens (tertiary/aromatic N) is 6. The molecule has 16 heavy (non-hydrogen) atoms. The molecule has 0 aromatic carbocycles. The first-order valence-corrected chi connectivity index (χ1v) is 5.11. The fourth-order valence-electron chi connectivity index (χ4n) is 1.19. The third-order valence-corrected chi connectivity index (χ3v) is 2.13. The maximum Gasteiger partial charge on any atom is 0.373 e. The zero-order valence-corrected chi connectivity index (χ0v) is 9.29. The summed E-state index contributed by atoms with van der Waals surface area (Å²) in [6.45, 7) is 1.99. The maximum absolute atomic E-state index is 11.8. The van der Waals surface area contributed by atoms with Gasteiger partial charge in [-0.05, 0) is 18.0 Å². The van der Waals surface area contributed by atoms with Gasteiger partial charge in [0.25, 0.3) is 0 Å². The van der Waals surface area contributed by atoms with E-state index in [2.05, 4.69) is 20.2 Å². The van der Waals surface area contributed by atoms with Crippen LogP contribution in [0, 0.1) is 0 Å². The van der Waals surface area contributed by atoms with Crippen LogP contribution in [0.2, 0.25) is 5.28 Å². The average molecular weight is 241 g/mol. The zero-order valence-electron chi connectivity index (χ0n) is 8.54. The molecule has 0 bridgehead atoms. The van der Waals surface area contributed by atoms with Gasteiger partial charge < -0.3 is 0 Å². The van der Waals surface area contributed by atoms with Crippen molar-refractivity contribution in [1.29, 1.82) is 0 Å². The molecular weight excluding hydrogens is 232 g/mol. The molecule has 0 saturated heterocycles. The molecule has 2 aromatic heterocycles. The molecule has 2 rings (SSSR count). The van der Waals surface area contributed by atoms with Gasteiger partial charge >= 0.3 is 6.03 Å². The minimum absolute atomic E-state index is 0.0314. The smallest absolute Gasteiger partial charge is 0.243 e. The van der Waals surface area contributed by atoms with Crippen LogP contribution in [0.3, 0.4) is 0 Å². The molecule has 8 heteroatoms. The molecule has 0 saturated carbocycles. The minimum atomic E-state index is -0.502. The molecule has 7 nitrogen and oxygen atoms in total. The van der Waals surface area contributed by atoms with Crippen LogP contribution in [0.15, 0.2) is 12.7 Å². The van der Waals surface area contributed by atoms with Gasteiger partial charge in [0.15, 0.2) is 5.82 Å². The highest BCUT2D eigenvalue weighted by molar-refractivity contribution is 6.29. The lowest BCUT2D eigenvalue weighted by molar-refractivity contribution is 0.238. The molecule has 0 atom stereocenters. The summed E-state index contributed by atoms with van der Waals surface area (Å²) in [5.74, 6) is 0.543. The van der Waals surface area contributed by atoms with Gasteiger partial charge in [-0.15, -0.1) is 9.78 Å². The van der Waals surface area contributed by atoms with Crippen molar-refractivity contribution in [2.45, 2.75) is 19.8 Å². The number of aryl methyl sites for hydroxylation is 1. The quantitative estimate of drug-likeness (QED) is 0.782. The van der Waals surface area contributed by atoms with Gasteiger partial charge in [-0.2, -0.15) is 9.78 Å². The Labute approximate surface area is 96.1 Å². The van der Waals surface area contributed by atoms with Gasteiger partial charge in [-0.3, -0.25) is 0 Å². The number of aromatic nitrogens is 6. The fourth-order valence-corrected chi connectivity index (χ4v) is 1.40. The van der Waals surface area contributed by atoms with Crippen molar-refractivity contribution in [3.05, 3.63) is 23.8 Å². The van der Waals surface area contributed by atoms with E-state index < -0.39 is 6.03 Å². The Morgan fingerprint density at radius 3 is 3.00 bits per heavy atom. The summed E-state index contributed by atoms with van der Waals surface area (Å²) in [6, 6.07) is -0.502. The molecule has 2 aromatic rings. The summed E-state index contributed by atoms with van der Waals surface area (Å²) in [4.78, 5) is 19.4. The van der Waals surface area contributed by atoms with E-state index in [0.717, 1.165) is 15.8 Å². The van der Waals surface area contributed by atoms with E-state index in [9.17, 15) is 4.79 Å². The lowest BCUT2D eigenvalue weighted by atomic mass is 10.3. The lowest BCUT2D eigenvalue weighted by Gasteiger charge is -1.97. The number of halogens is 1. The van der Waals surface area contributed by atoms with Crippen molar-refractivity contribution in [3.8, 4) is 0 Å². The van der Waals surface area contributed by atoms with E-state index >= 15 is 0 Å². The lowest BCUT2D eigenvalue weighted by Crippen LogP contribution is -2.21. The normalized spacial score (nSPS) is 10.6. The Morgan fingerprint density at radius 2 is 2.38 bits per heavy atom. The van der Waals surface area contributed by atoms with Gasteiger partial charge in [0.05, 0.1) is 0 Å². The third kappa shape index (κ3) is 1.94. The van der Waals surface area contributed by atoms with E-state index in [1.165, 1.54) is 12.7 Å². The monoisotopic (exact) mass is 240 g/mol. The van der Waals surface area contributed by atoms with Crippen LogP contribution in [0.5, 0.6) is 0 Å². The molecule has 0 spiro atoms. The first kappa shape index (κ1) is 10.7. The summed E-state index contributed by atoms with van der Waals surface area (Å²) in [5.41, 5.74) is 0. The minimum Gasteiger partial charge on any atom is -0.243 e. The highest BCUT2D eigenvalue weighted by Crippen LogP contribution is 2.07. The molecule has 0 radical (unpaired) electrons. The van der Waals surface area contributed by atoms with Gasteiger partial charge in [-0.1, -0.05) is 6.92 Å². The first-order chi connectivity index (χ1) is 7.72. The standard InChI is InChI=1S/C8H9ClN6O/c1-2-3-6-12-7(9)15(13-6)8(16)14-5-10-4-11-14/h4-5H,2-3H2,1H3. The van der Waals surface area contributed by atoms with E-state index in [1.807, 2.05) is 6.92 Å². The van der Waals surface area contributed by atoms with Crippen LogP contribution in [0.1, 0.15) is 19.2 Å². The zero-order chi connectivity index (χ0) is 11.5. The van der Waals surface area contributed by atoms with Gasteiger partial charge in [0.1, 0.15) is 12.7 Å². The molecular formula is C8H9ClN6O. The molecule has 0 aliphatic carbocycles. The number of rotatable bonds is 2. The Kier molecular flexibility index (Phi) is 2.95. The Balaban J connectivity index is 2.30. The van der Waals surface area contributed by atoms with E-state index in [-0.39, 0.29) is 5.28 Å². The largest absolute Gasteiger partial charge is 0.373 e. The summed E-state index contributed by atoms with van der Waals surface area (Å²) in [5, 5.41) is 7.72. The third-order valence-electron chi connectivity index (χ3n) is 1.88. The second-order valence-corrected chi connectivity index (χ2v) is 3.42. The van der Waals surface area contributed by atoms with Crippen molar-refractivity contribution < 1.29 is 4.79 Å². The van der Waals surface area contributed by atoms with Crippen LogP contribution in [-0.4, -0.2) is 35.6 Å². The molecule has 0 unspecified atom stereocenters. The van der Waals surface area contributed by atoms with Gasteiger partial charge in [-0.25, -0.2) is 14.8 Å². The maximum atomic E-state index is 11.8. The second-order valence-electron chi connectivity index (χ2n) is 3.08. The van der Waals surface area contributed by atoms with Crippen LogP contribution >= 0.6 is 11.6 Å². The van der Waals surface area contributed by atoms with Crippen LogP contribution < -0.4 is 0 Å². The summed E-state index contributed by atoms with van der Waals surface area (Å²) < 4.78 is 2.04.